The molecule has 0 rings (SSSR count). The zero-order valence-corrected chi connectivity index (χ0v) is 11.8. The Kier molecular flexibility index (Phi) is 8.69. The molecule has 0 amide bonds. The molecule has 0 spiro atoms. The highest BCUT2D eigenvalue weighted by molar-refractivity contribution is 6.63. The fourth-order valence-electron chi connectivity index (χ4n) is 1.42. The third-order valence-corrected chi connectivity index (χ3v) is 5.93. The van der Waals surface area contributed by atoms with E-state index in [1.165, 1.54) is 0 Å². The van der Waals surface area contributed by atoms with E-state index in [2.05, 4.69) is 4.84 Å². The van der Waals surface area contributed by atoms with Crippen molar-refractivity contribution in [2.45, 2.75) is 39.8 Å². The molecule has 15 heavy (non-hydrogen) atoms. The molecule has 1 N–H and O–H groups in total. The standard InChI is InChI=1S/C9H22ClNO3Si/c1-5-9(11-10)15(12-6-2,13-7-3)14-8-4/h9,11H,5-8H2,1-4H3. The van der Waals surface area contributed by atoms with Crippen LogP contribution in [0.2, 0.25) is 0 Å². The van der Waals surface area contributed by atoms with E-state index in [0.717, 1.165) is 6.42 Å². The maximum atomic E-state index is 5.70. The van der Waals surface area contributed by atoms with Crippen LogP contribution in [0, 0.1) is 0 Å². The minimum absolute atomic E-state index is 0.0565. The van der Waals surface area contributed by atoms with Gasteiger partial charge >= 0.3 is 8.80 Å². The van der Waals surface area contributed by atoms with E-state index in [1.807, 2.05) is 27.7 Å². The van der Waals surface area contributed by atoms with Crippen LogP contribution in [0.3, 0.4) is 0 Å². The first kappa shape index (κ1) is 15.3. The molecule has 92 valence electrons. The molecule has 0 heterocycles. The fraction of sp³-hybridized carbons (Fsp3) is 1.00. The molecule has 0 aliphatic rings. The predicted molar refractivity (Wildman–Crippen MR) is 63.7 cm³/mol. The minimum Gasteiger partial charge on any atom is -0.373 e. The average molecular weight is 256 g/mol. The first-order valence-electron chi connectivity index (χ1n) is 5.48. The maximum Gasteiger partial charge on any atom is 0.520 e. The summed E-state index contributed by atoms with van der Waals surface area (Å²) in [6.07, 6.45) is 0.815. The Hall–Kier alpha value is 0.347. The average Bonchev–Trinajstić information content (AvgIpc) is 2.20. The monoisotopic (exact) mass is 255 g/mol. The van der Waals surface area contributed by atoms with Crippen LogP contribution in [-0.4, -0.2) is 34.3 Å². The molecule has 0 saturated heterocycles. The summed E-state index contributed by atoms with van der Waals surface area (Å²) in [6, 6.07) is 0. The van der Waals surface area contributed by atoms with Crippen LogP contribution in [0.5, 0.6) is 0 Å². The predicted octanol–water partition coefficient (Wildman–Crippen LogP) is 2.10. The fourth-order valence-corrected chi connectivity index (χ4v) is 4.67. The van der Waals surface area contributed by atoms with Gasteiger partial charge in [-0.05, 0) is 39.0 Å². The summed E-state index contributed by atoms with van der Waals surface area (Å²) < 4.78 is 17.1. The highest BCUT2D eigenvalue weighted by atomic mass is 35.5. The van der Waals surface area contributed by atoms with Crippen LogP contribution in [0.1, 0.15) is 34.1 Å². The van der Waals surface area contributed by atoms with Crippen molar-refractivity contribution in [1.82, 2.24) is 4.84 Å². The molecule has 0 aromatic carbocycles. The van der Waals surface area contributed by atoms with Gasteiger partial charge in [-0.25, -0.2) is 4.84 Å². The first-order chi connectivity index (χ1) is 7.20. The molecule has 0 aliphatic carbocycles. The molecule has 0 saturated carbocycles. The SMILES string of the molecule is CCO[Si](OCC)(OCC)C(CC)NCl. The van der Waals surface area contributed by atoms with Crippen LogP contribution in [0.25, 0.3) is 0 Å². The second kappa shape index (κ2) is 8.49. The summed E-state index contributed by atoms with van der Waals surface area (Å²) in [4.78, 5) is 2.71. The molecule has 0 aromatic heterocycles. The third-order valence-electron chi connectivity index (χ3n) is 2.00. The highest BCUT2D eigenvalue weighted by Crippen LogP contribution is 2.18. The molecule has 1 unspecified atom stereocenters. The Labute approximate surface area is 98.7 Å². The van der Waals surface area contributed by atoms with Crippen molar-refractivity contribution in [1.29, 1.82) is 0 Å². The van der Waals surface area contributed by atoms with Gasteiger partial charge in [0, 0.05) is 19.8 Å². The number of rotatable bonds is 9. The molecule has 1 atom stereocenters. The lowest BCUT2D eigenvalue weighted by atomic mass is 10.5. The van der Waals surface area contributed by atoms with E-state index in [1.54, 1.807) is 0 Å². The van der Waals surface area contributed by atoms with Crippen molar-refractivity contribution < 1.29 is 13.3 Å². The van der Waals surface area contributed by atoms with E-state index < -0.39 is 8.80 Å². The van der Waals surface area contributed by atoms with Gasteiger partial charge in [-0.1, -0.05) is 6.92 Å². The van der Waals surface area contributed by atoms with Gasteiger partial charge in [-0.2, -0.15) is 0 Å². The summed E-state index contributed by atoms with van der Waals surface area (Å²) in [5.74, 6) is 0. The van der Waals surface area contributed by atoms with Gasteiger partial charge in [0.15, 0.2) is 0 Å². The number of nitrogens with one attached hydrogen (secondary N) is 1. The molecule has 0 fully saturated rings. The summed E-state index contributed by atoms with van der Waals surface area (Å²) in [5.41, 5.74) is -0.0565. The number of hydrogen-bond acceptors (Lipinski definition) is 4. The lowest BCUT2D eigenvalue weighted by Crippen LogP contribution is -2.60. The summed E-state index contributed by atoms with van der Waals surface area (Å²) >= 11 is 5.70. The van der Waals surface area contributed by atoms with Crippen molar-refractivity contribution in [3.05, 3.63) is 0 Å². The second-order valence-corrected chi connectivity index (χ2v) is 5.96. The van der Waals surface area contributed by atoms with E-state index in [9.17, 15) is 0 Å². The lowest BCUT2D eigenvalue weighted by Gasteiger charge is -2.33. The molecule has 0 aliphatic heterocycles. The zero-order valence-electron chi connectivity index (χ0n) is 10.0. The zero-order chi connectivity index (χ0) is 11.7. The van der Waals surface area contributed by atoms with Crippen molar-refractivity contribution in [3.8, 4) is 0 Å². The van der Waals surface area contributed by atoms with Crippen molar-refractivity contribution in [2.75, 3.05) is 19.8 Å². The van der Waals surface area contributed by atoms with Gasteiger partial charge in [0.05, 0.1) is 5.67 Å². The summed E-state index contributed by atoms with van der Waals surface area (Å²) in [7, 11) is -2.67. The molecular formula is C9H22ClNO3Si. The van der Waals surface area contributed by atoms with Crippen LogP contribution in [-0.2, 0) is 13.3 Å². The second-order valence-electron chi connectivity index (χ2n) is 2.97. The minimum atomic E-state index is -2.67. The van der Waals surface area contributed by atoms with E-state index in [0.29, 0.717) is 19.8 Å². The highest BCUT2D eigenvalue weighted by Gasteiger charge is 2.48. The normalized spacial score (nSPS) is 14.2. The third kappa shape index (κ3) is 4.38. The topological polar surface area (TPSA) is 39.7 Å². The smallest absolute Gasteiger partial charge is 0.373 e. The molecule has 0 bridgehead atoms. The first-order valence-corrected chi connectivity index (χ1v) is 7.66. The van der Waals surface area contributed by atoms with E-state index in [-0.39, 0.29) is 5.67 Å². The van der Waals surface area contributed by atoms with Gasteiger partial charge in [0.25, 0.3) is 0 Å². The van der Waals surface area contributed by atoms with Gasteiger partial charge in [-0.3, -0.25) is 0 Å². The van der Waals surface area contributed by atoms with E-state index >= 15 is 0 Å². The van der Waals surface area contributed by atoms with Gasteiger partial charge in [-0.15, -0.1) is 0 Å². The van der Waals surface area contributed by atoms with Crippen LogP contribution < -0.4 is 4.84 Å². The van der Waals surface area contributed by atoms with Crippen molar-refractivity contribution in [2.24, 2.45) is 0 Å². The van der Waals surface area contributed by atoms with Gasteiger partial charge in [0.2, 0.25) is 0 Å². The quantitative estimate of drug-likeness (QED) is 0.506. The number of hydrogen-bond donors (Lipinski definition) is 1. The van der Waals surface area contributed by atoms with Crippen molar-refractivity contribution >= 4 is 20.6 Å². The molecule has 0 aromatic rings. The Bertz CT molecular complexity index is 141. The summed E-state index contributed by atoms with van der Waals surface area (Å²) in [5, 5.41) is 0. The lowest BCUT2D eigenvalue weighted by molar-refractivity contribution is 0.0601. The Morgan fingerprint density at radius 1 is 1.00 bits per heavy atom. The number of halogens is 1. The van der Waals surface area contributed by atoms with Crippen LogP contribution >= 0.6 is 11.8 Å². The molecule has 0 radical (unpaired) electrons. The summed E-state index contributed by atoms with van der Waals surface area (Å²) in [6.45, 7) is 9.53. The van der Waals surface area contributed by atoms with E-state index in [4.69, 9.17) is 25.1 Å². The largest absolute Gasteiger partial charge is 0.520 e. The van der Waals surface area contributed by atoms with Crippen LogP contribution in [0.4, 0.5) is 0 Å². The Morgan fingerprint density at radius 2 is 1.40 bits per heavy atom. The molecule has 6 heteroatoms. The molecule has 4 nitrogen and oxygen atoms in total. The van der Waals surface area contributed by atoms with Crippen LogP contribution in [0.15, 0.2) is 0 Å². The van der Waals surface area contributed by atoms with Gasteiger partial charge < -0.3 is 13.3 Å². The molecular weight excluding hydrogens is 234 g/mol. The van der Waals surface area contributed by atoms with Crippen molar-refractivity contribution in [3.63, 3.8) is 0 Å². The van der Waals surface area contributed by atoms with Gasteiger partial charge in [0.1, 0.15) is 0 Å². The Morgan fingerprint density at radius 3 is 1.60 bits per heavy atom. The Balaban J connectivity index is 4.71. The maximum absolute atomic E-state index is 5.70.